The molecule has 0 saturated heterocycles. The maximum absolute atomic E-state index is 14.2. The van der Waals surface area contributed by atoms with E-state index in [9.17, 15) is 19.2 Å². The molecule has 1 atom stereocenters. The lowest BCUT2D eigenvalue weighted by Crippen LogP contribution is -2.27. The van der Waals surface area contributed by atoms with E-state index in [4.69, 9.17) is 0 Å². The predicted molar refractivity (Wildman–Crippen MR) is 194 cm³/mol. The van der Waals surface area contributed by atoms with E-state index in [1.165, 1.54) is 65.8 Å². The molecule has 0 fully saturated rings. The quantitative estimate of drug-likeness (QED) is 0.190. The summed E-state index contributed by atoms with van der Waals surface area (Å²) >= 11 is 0. The van der Waals surface area contributed by atoms with Crippen molar-refractivity contribution in [2.75, 3.05) is 0 Å². The summed E-state index contributed by atoms with van der Waals surface area (Å²) in [6.45, 7) is 23.6. The van der Waals surface area contributed by atoms with Gasteiger partial charge in [0.25, 0.3) is 22.2 Å². The molecule has 0 radical (unpaired) electrons. The summed E-state index contributed by atoms with van der Waals surface area (Å²) in [6, 6.07) is 7.14. The van der Waals surface area contributed by atoms with Crippen LogP contribution < -0.4 is 22.2 Å². The topological polar surface area (TPSA) is 78.1 Å². The van der Waals surface area contributed by atoms with Gasteiger partial charge in [0.15, 0.2) is 0 Å². The number of hydrogen-bond acceptors (Lipinski definition) is 4. The average Bonchev–Trinajstić information content (AvgIpc) is 3.31. The van der Waals surface area contributed by atoms with Gasteiger partial charge in [0.1, 0.15) is 0 Å². The first-order valence-corrected chi connectivity index (χ1v) is 17.4. The molecular formula is C41H48N2O4. The van der Waals surface area contributed by atoms with Crippen LogP contribution in [0.3, 0.4) is 0 Å². The van der Waals surface area contributed by atoms with Crippen LogP contribution in [0.15, 0.2) is 43.4 Å². The van der Waals surface area contributed by atoms with Crippen molar-refractivity contribution in [1.82, 2.24) is 9.13 Å². The highest BCUT2D eigenvalue weighted by Crippen LogP contribution is 2.44. The zero-order chi connectivity index (χ0) is 34.4. The van der Waals surface area contributed by atoms with E-state index in [-0.39, 0.29) is 33.5 Å². The number of rotatable bonds is 6. The Morgan fingerprint density at radius 1 is 0.660 bits per heavy atom. The molecule has 6 rings (SSSR count). The Kier molecular flexibility index (Phi) is 8.09. The Morgan fingerprint density at radius 2 is 1.17 bits per heavy atom. The second-order valence-corrected chi connectivity index (χ2v) is 15.1. The van der Waals surface area contributed by atoms with Crippen molar-refractivity contribution in [3.63, 3.8) is 0 Å². The van der Waals surface area contributed by atoms with Gasteiger partial charge in [-0.1, -0.05) is 54.5 Å². The van der Waals surface area contributed by atoms with Crippen LogP contribution in [-0.4, -0.2) is 9.13 Å². The Labute approximate surface area is 276 Å². The lowest BCUT2D eigenvalue weighted by atomic mass is 9.78. The molecule has 3 aromatic carbocycles. The van der Waals surface area contributed by atoms with Gasteiger partial charge in [-0.05, 0) is 139 Å². The second kappa shape index (κ2) is 11.6. The zero-order valence-electron chi connectivity index (χ0n) is 29.8. The first kappa shape index (κ1) is 32.9. The summed E-state index contributed by atoms with van der Waals surface area (Å²) in [5.74, 6) is 1.32. The Balaban J connectivity index is 1.67. The lowest BCUT2D eigenvalue weighted by molar-refractivity contribution is 0.574. The van der Waals surface area contributed by atoms with Gasteiger partial charge in [0.05, 0.1) is 27.2 Å². The Morgan fingerprint density at radius 3 is 1.64 bits per heavy atom. The van der Waals surface area contributed by atoms with Crippen molar-refractivity contribution in [1.29, 1.82) is 0 Å². The van der Waals surface area contributed by atoms with Crippen LogP contribution in [0, 0.1) is 13.8 Å². The Hall–Kier alpha value is -4.06. The molecule has 2 aromatic heterocycles. The van der Waals surface area contributed by atoms with Gasteiger partial charge in [-0.25, -0.2) is 4.57 Å². The standard InChI is InChI=1S/C41H48N2O4/c1-12-25-13-29-26(14-30-28(25)16-27(19(2)3)23(10)36(30)20(4)5)15-35(24(11)37(29)21(6)7)43-40(46)33-17-31-32(18-34(33)41(43)47)39(45)42(22(8)9)38(31)44/h15-22,25H,12-14H2,1-11H3. The molecule has 1 aliphatic carbocycles. The van der Waals surface area contributed by atoms with Crippen LogP contribution in [-0.2, 0) is 12.8 Å². The molecule has 1 aliphatic rings. The maximum atomic E-state index is 14.2. The molecule has 0 aliphatic heterocycles. The number of aromatic nitrogens is 2. The molecule has 246 valence electrons. The van der Waals surface area contributed by atoms with Crippen molar-refractivity contribution in [2.24, 2.45) is 0 Å². The summed E-state index contributed by atoms with van der Waals surface area (Å²) in [4.78, 5) is 54.6. The normalized spacial score (nSPS) is 15.1. The van der Waals surface area contributed by atoms with E-state index in [1.807, 2.05) is 6.92 Å². The van der Waals surface area contributed by atoms with Gasteiger partial charge in [0.2, 0.25) is 0 Å². The van der Waals surface area contributed by atoms with E-state index < -0.39 is 22.2 Å². The minimum Gasteiger partial charge on any atom is -0.272 e. The second-order valence-electron chi connectivity index (χ2n) is 15.1. The third kappa shape index (κ3) is 4.81. The molecule has 47 heavy (non-hydrogen) atoms. The van der Waals surface area contributed by atoms with Crippen molar-refractivity contribution >= 4 is 21.5 Å². The van der Waals surface area contributed by atoms with E-state index in [2.05, 4.69) is 67.5 Å². The molecule has 5 aromatic rings. The molecule has 0 saturated carbocycles. The fourth-order valence-corrected chi connectivity index (χ4v) is 8.74. The minimum absolute atomic E-state index is 0.177. The third-order valence-electron chi connectivity index (χ3n) is 10.8. The number of nitrogens with zero attached hydrogens (tertiary/aromatic N) is 2. The third-order valence-corrected chi connectivity index (χ3v) is 10.8. The van der Waals surface area contributed by atoms with Crippen molar-refractivity contribution < 1.29 is 0 Å². The van der Waals surface area contributed by atoms with Gasteiger partial charge in [0, 0.05) is 6.04 Å². The average molecular weight is 633 g/mol. The van der Waals surface area contributed by atoms with Crippen molar-refractivity contribution in [2.45, 2.75) is 125 Å². The van der Waals surface area contributed by atoms with Gasteiger partial charge >= 0.3 is 0 Å². The molecule has 0 bridgehead atoms. The summed E-state index contributed by atoms with van der Waals surface area (Å²) in [5, 5.41) is 0.727. The number of hydrogen-bond donors (Lipinski definition) is 0. The lowest BCUT2D eigenvalue weighted by Gasteiger charge is -2.26. The predicted octanol–water partition coefficient (Wildman–Crippen LogP) is 8.11. The van der Waals surface area contributed by atoms with Crippen LogP contribution >= 0.6 is 0 Å². The first-order chi connectivity index (χ1) is 22.1. The van der Waals surface area contributed by atoms with Gasteiger partial charge in [-0.15, -0.1) is 0 Å². The number of fused-ring (bicyclic) bond motifs is 4. The summed E-state index contributed by atoms with van der Waals surface area (Å²) < 4.78 is 2.48. The van der Waals surface area contributed by atoms with Crippen LogP contribution in [0.1, 0.15) is 149 Å². The van der Waals surface area contributed by atoms with Crippen molar-refractivity contribution in [3.8, 4) is 5.69 Å². The highest BCUT2D eigenvalue weighted by Gasteiger charge is 2.31. The molecule has 0 spiro atoms. The number of benzene rings is 3. The van der Waals surface area contributed by atoms with Crippen LogP contribution in [0.25, 0.3) is 27.2 Å². The summed E-state index contributed by atoms with van der Waals surface area (Å²) in [5.41, 5.74) is 10.5. The summed E-state index contributed by atoms with van der Waals surface area (Å²) in [6.07, 6.45) is 2.68. The molecule has 1 unspecified atom stereocenters. The molecule has 6 nitrogen and oxygen atoms in total. The van der Waals surface area contributed by atoms with E-state index in [0.29, 0.717) is 23.4 Å². The fraction of sp³-hybridized carbons (Fsp3) is 0.463. The van der Waals surface area contributed by atoms with Gasteiger partial charge in [-0.2, -0.15) is 0 Å². The smallest absolute Gasteiger partial charge is 0.266 e. The zero-order valence-corrected chi connectivity index (χ0v) is 29.8. The van der Waals surface area contributed by atoms with Gasteiger partial charge in [-0.3, -0.25) is 23.7 Å². The van der Waals surface area contributed by atoms with E-state index in [1.54, 1.807) is 13.8 Å². The van der Waals surface area contributed by atoms with Crippen LogP contribution in [0.4, 0.5) is 0 Å². The van der Waals surface area contributed by atoms with Crippen LogP contribution in [0.5, 0.6) is 0 Å². The van der Waals surface area contributed by atoms with E-state index >= 15 is 0 Å². The monoisotopic (exact) mass is 632 g/mol. The summed E-state index contributed by atoms with van der Waals surface area (Å²) in [7, 11) is 0. The highest BCUT2D eigenvalue weighted by atomic mass is 16.2. The molecule has 0 amide bonds. The van der Waals surface area contributed by atoms with Crippen LogP contribution in [0.2, 0.25) is 0 Å². The van der Waals surface area contributed by atoms with Gasteiger partial charge < -0.3 is 0 Å². The fourth-order valence-electron chi connectivity index (χ4n) is 8.74. The molecule has 0 N–H and O–H groups in total. The largest absolute Gasteiger partial charge is 0.272 e. The Bertz CT molecular complexity index is 2220. The minimum atomic E-state index is -0.449. The first-order valence-electron chi connectivity index (χ1n) is 17.4. The van der Waals surface area contributed by atoms with E-state index in [0.717, 1.165) is 24.8 Å². The highest BCUT2D eigenvalue weighted by molar-refractivity contribution is 5.98. The molecule has 6 heteroatoms. The maximum Gasteiger partial charge on any atom is 0.266 e. The SMILES string of the molecule is CCC1Cc2c(cc(-n3c(=O)c4cc5c(=O)n(C(C)C)c(=O)c5cc4c3=O)c(C)c2C(C)C)Cc2c1cc(C(C)C)c(C)c2C(C)C. The molecular weight excluding hydrogens is 584 g/mol. The molecule has 2 heterocycles. The van der Waals surface area contributed by atoms with Crippen molar-refractivity contribution in [3.05, 3.63) is 116 Å².